The Bertz CT molecular complexity index is 1080. The SMILES string of the molecule is [Al+3].[Cl-].c1ccc2c(c1)C1NC2NC2[N-]C(NC3NC(NC4[N-]C(N1)C1CCCCC41)c1ccccc13)C1CCCCC21. The molecule has 2 saturated carbocycles. The molecular weight excluding hydrogens is 559 g/mol. The molecule has 9 rings (SSSR count). The predicted octanol–water partition coefficient (Wildman–Crippen LogP) is 1.27. The van der Waals surface area contributed by atoms with Crippen LogP contribution in [-0.2, 0) is 0 Å². The fraction of sp³-hybridized carbons (Fsp3) is 0.625. The Hall–Kier alpha value is -1.06. The van der Waals surface area contributed by atoms with E-state index in [1.54, 1.807) is 0 Å². The maximum atomic E-state index is 5.48. The van der Waals surface area contributed by atoms with E-state index < -0.39 is 0 Å². The minimum Gasteiger partial charge on any atom is -1.00 e. The minimum absolute atomic E-state index is 0. The molecule has 12 unspecified atom stereocenters. The second-order valence-corrected chi connectivity index (χ2v) is 13.3. The van der Waals surface area contributed by atoms with E-state index in [9.17, 15) is 0 Å². The number of nitrogens with zero attached hydrogens (tertiary/aromatic N) is 2. The third-order valence-electron chi connectivity index (χ3n) is 11.3. The van der Waals surface area contributed by atoms with Crippen molar-refractivity contribution >= 4 is 17.4 Å². The van der Waals surface area contributed by atoms with Gasteiger partial charge in [0.05, 0.1) is 24.7 Å². The standard InChI is InChI=1S/C32H42N8.Al.ClH/c1-2-10-18-17(9-1)25-33-26(18)38-28-21-13-5-6-14-22(21)30(35-28)40-32-24-16-8-7-15-23(24)31(36-32)39-29-20-12-4-3-11-19(20)27(34-29)37-25;;/h1-2,7-10,15-16,19-22,25-33,36-40H,3-6,11-14H2;;1H/q-2;+3;/p-1. The Balaban J connectivity index is 0.00000144. The van der Waals surface area contributed by atoms with Gasteiger partial charge in [-0.15, -0.1) is 0 Å². The molecule has 2 aliphatic carbocycles. The first-order chi connectivity index (χ1) is 19.8. The van der Waals surface area contributed by atoms with Crippen molar-refractivity contribution in [1.82, 2.24) is 31.9 Å². The molecule has 10 heteroatoms. The largest absolute Gasteiger partial charge is 3.00 e. The molecule has 8 nitrogen and oxygen atoms in total. The molecule has 8 bridgehead atoms. The fourth-order valence-corrected chi connectivity index (χ4v) is 9.40. The second-order valence-electron chi connectivity index (χ2n) is 13.3. The molecule has 2 aromatic rings. The van der Waals surface area contributed by atoms with Crippen molar-refractivity contribution in [2.45, 2.75) is 101 Å². The van der Waals surface area contributed by atoms with Gasteiger partial charge in [-0.3, -0.25) is 10.6 Å². The monoisotopic (exact) mass is 600 g/mol. The van der Waals surface area contributed by atoms with Gasteiger partial charge in [0.15, 0.2) is 0 Å². The minimum atomic E-state index is 0. The van der Waals surface area contributed by atoms with E-state index in [0.717, 1.165) is 0 Å². The summed E-state index contributed by atoms with van der Waals surface area (Å²) in [6.45, 7) is 0. The van der Waals surface area contributed by atoms with E-state index in [0.29, 0.717) is 23.7 Å². The molecule has 0 amide bonds. The van der Waals surface area contributed by atoms with Crippen LogP contribution >= 0.6 is 0 Å². The van der Waals surface area contributed by atoms with Crippen LogP contribution in [0.3, 0.4) is 0 Å². The van der Waals surface area contributed by atoms with Crippen molar-refractivity contribution in [3.63, 3.8) is 0 Å². The number of nitrogens with one attached hydrogen (secondary N) is 6. The van der Waals surface area contributed by atoms with Gasteiger partial charge in [-0.1, -0.05) is 125 Å². The van der Waals surface area contributed by atoms with Gasteiger partial charge < -0.3 is 44.3 Å². The third kappa shape index (κ3) is 4.90. The Kier molecular flexibility index (Phi) is 8.49. The van der Waals surface area contributed by atoms with E-state index in [1.165, 1.54) is 73.6 Å². The van der Waals surface area contributed by atoms with Crippen molar-refractivity contribution in [3.05, 3.63) is 81.4 Å². The summed E-state index contributed by atoms with van der Waals surface area (Å²) in [5.41, 5.74) is 5.41. The first-order valence-corrected chi connectivity index (χ1v) is 15.9. The van der Waals surface area contributed by atoms with Gasteiger partial charge in [-0.2, -0.15) is 0 Å². The molecule has 6 N–H and O–H groups in total. The zero-order valence-electron chi connectivity index (χ0n) is 24.1. The van der Waals surface area contributed by atoms with Crippen molar-refractivity contribution in [3.8, 4) is 0 Å². The molecule has 42 heavy (non-hydrogen) atoms. The molecular formula is C32H42AlClN8. The van der Waals surface area contributed by atoms with Crippen LogP contribution in [0.4, 0.5) is 0 Å². The first kappa shape index (κ1) is 29.6. The van der Waals surface area contributed by atoms with E-state index in [2.05, 4.69) is 80.4 Å². The number of benzene rings is 2. The topological polar surface area (TPSA) is 100 Å². The smallest absolute Gasteiger partial charge is 1.00 e. The van der Waals surface area contributed by atoms with Crippen LogP contribution < -0.4 is 44.3 Å². The average Bonchev–Trinajstić information content (AvgIpc) is 3.73. The maximum absolute atomic E-state index is 5.48. The van der Waals surface area contributed by atoms with Crippen LogP contribution in [0.5, 0.6) is 0 Å². The molecule has 0 radical (unpaired) electrons. The number of hydrogen-bond donors (Lipinski definition) is 6. The molecule has 5 aliphatic heterocycles. The number of fused-ring (bicyclic) bond motifs is 20. The van der Waals surface area contributed by atoms with Crippen LogP contribution in [-0.4, -0.2) is 42.0 Å². The zero-order chi connectivity index (χ0) is 26.2. The molecule has 0 spiro atoms. The summed E-state index contributed by atoms with van der Waals surface area (Å²) in [7, 11) is 0. The fourth-order valence-electron chi connectivity index (χ4n) is 9.40. The van der Waals surface area contributed by atoms with Crippen molar-refractivity contribution in [1.29, 1.82) is 0 Å². The van der Waals surface area contributed by atoms with Crippen molar-refractivity contribution < 1.29 is 12.4 Å². The summed E-state index contributed by atoms with van der Waals surface area (Å²) in [6.07, 6.45) is 11.2. The van der Waals surface area contributed by atoms with Crippen LogP contribution in [0.25, 0.3) is 10.6 Å². The van der Waals surface area contributed by atoms with Gasteiger partial charge >= 0.3 is 17.4 Å². The molecule has 2 aromatic carbocycles. The maximum Gasteiger partial charge on any atom is 3.00 e. The summed E-state index contributed by atoms with van der Waals surface area (Å²) in [5, 5.41) is 34.9. The molecule has 220 valence electrons. The van der Waals surface area contributed by atoms with Gasteiger partial charge in [0.25, 0.3) is 0 Å². The van der Waals surface area contributed by atoms with Gasteiger partial charge in [-0.25, -0.2) is 0 Å². The molecule has 3 saturated heterocycles. The molecule has 7 aliphatic rings. The van der Waals surface area contributed by atoms with Crippen LogP contribution in [0.2, 0.25) is 0 Å². The normalized spacial score (nSPS) is 43.2. The van der Waals surface area contributed by atoms with Crippen LogP contribution in [0, 0.1) is 23.7 Å². The van der Waals surface area contributed by atoms with Gasteiger partial charge in [0.2, 0.25) is 0 Å². The quantitative estimate of drug-likeness (QED) is 0.255. The predicted molar refractivity (Wildman–Crippen MR) is 161 cm³/mol. The summed E-state index contributed by atoms with van der Waals surface area (Å²) in [4.78, 5) is 0. The molecule has 5 heterocycles. The van der Waals surface area contributed by atoms with E-state index in [4.69, 9.17) is 10.6 Å². The molecule has 12 atom stereocenters. The molecule has 5 fully saturated rings. The van der Waals surface area contributed by atoms with E-state index >= 15 is 0 Å². The second kappa shape index (κ2) is 12.0. The van der Waals surface area contributed by atoms with Gasteiger partial charge in [0, 0.05) is 0 Å². The first-order valence-electron chi connectivity index (χ1n) is 15.9. The average molecular weight is 601 g/mol. The van der Waals surface area contributed by atoms with E-state index in [-0.39, 0.29) is 79.1 Å². The Labute approximate surface area is 266 Å². The Morgan fingerprint density at radius 1 is 0.429 bits per heavy atom. The summed E-state index contributed by atoms with van der Waals surface area (Å²) in [5.74, 6) is 2.29. The van der Waals surface area contributed by atoms with Crippen LogP contribution in [0.1, 0.15) is 98.3 Å². The third-order valence-corrected chi connectivity index (χ3v) is 11.3. The summed E-state index contributed by atoms with van der Waals surface area (Å²) in [6, 6.07) is 17.9. The summed E-state index contributed by atoms with van der Waals surface area (Å²) < 4.78 is 0. The zero-order valence-corrected chi connectivity index (χ0v) is 26.0. The summed E-state index contributed by atoms with van der Waals surface area (Å²) >= 11 is 0. The number of halogens is 1. The van der Waals surface area contributed by atoms with Crippen molar-refractivity contribution in [2.24, 2.45) is 23.7 Å². The molecule has 0 aromatic heterocycles. The van der Waals surface area contributed by atoms with Crippen LogP contribution in [0.15, 0.2) is 48.5 Å². The number of hydrogen-bond acceptors (Lipinski definition) is 6. The Morgan fingerprint density at radius 3 is 0.952 bits per heavy atom. The van der Waals surface area contributed by atoms with E-state index in [1.807, 2.05) is 0 Å². The number of rotatable bonds is 0. The Morgan fingerprint density at radius 2 is 0.690 bits per heavy atom. The van der Waals surface area contributed by atoms with Gasteiger partial charge in [-0.05, 0) is 45.9 Å². The van der Waals surface area contributed by atoms with Gasteiger partial charge in [0.1, 0.15) is 0 Å². The van der Waals surface area contributed by atoms with Crippen molar-refractivity contribution in [2.75, 3.05) is 0 Å².